The first-order chi connectivity index (χ1) is 6.04. The minimum Gasteiger partial charge on any atom is -0.476 e. The number of rotatable bonds is 3. The second-order valence-electron chi connectivity index (χ2n) is 3.14. The Balaban J connectivity index is 3.00. The molecule has 0 unspecified atom stereocenters. The van der Waals surface area contributed by atoms with Crippen molar-refractivity contribution < 1.29 is 14.3 Å². The summed E-state index contributed by atoms with van der Waals surface area (Å²) in [5, 5.41) is 8.71. The van der Waals surface area contributed by atoms with E-state index in [0.29, 0.717) is 0 Å². The van der Waals surface area contributed by atoms with Gasteiger partial charge in [0, 0.05) is 0 Å². The van der Waals surface area contributed by atoms with Crippen molar-refractivity contribution in [2.45, 2.75) is 19.9 Å². The van der Waals surface area contributed by atoms with E-state index in [1.807, 2.05) is 13.8 Å². The molecule has 0 aliphatic rings. The Morgan fingerprint density at radius 2 is 2.31 bits per heavy atom. The lowest BCUT2D eigenvalue weighted by Crippen LogP contribution is -2.19. The minimum atomic E-state index is -1.11. The SMILES string of the molecule is CC(C)[C@@H](N)c1ocnc1C(=O)O. The molecule has 0 aliphatic heterocycles. The van der Waals surface area contributed by atoms with E-state index in [-0.39, 0.29) is 17.4 Å². The van der Waals surface area contributed by atoms with Crippen LogP contribution in [-0.2, 0) is 0 Å². The van der Waals surface area contributed by atoms with E-state index >= 15 is 0 Å². The summed E-state index contributed by atoms with van der Waals surface area (Å²) < 4.78 is 4.93. The predicted octanol–water partition coefficient (Wildman–Crippen LogP) is 1.03. The molecule has 0 fully saturated rings. The van der Waals surface area contributed by atoms with Crippen molar-refractivity contribution in [3.63, 3.8) is 0 Å². The largest absolute Gasteiger partial charge is 0.476 e. The molecule has 1 heterocycles. The zero-order valence-electron chi connectivity index (χ0n) is 7.52. The molecule has 1 rings (SSSR count). The molecule has 0 bridgehead atoms. The van der Waals surface area contributed by atoms with Gasteiger partial charge in [0.2, 0.25) is 0 Å². The van der Waals surface area contributed by atoms with Gasteiger partial charge in [-0.25, -0.2) is 9.78 Å². The van der Waals surface area contributed by atoms with Gasteiger partial charge in [0.1, 0.15) is 0 Å². The lowest BCUT2D eigenvalue weighted by molar-refractivity contribution is 0.0687. The molecule has 5 heteroatoms. The van der Waals surface area contributed by atoms with Gasteiger partial charge in [-0.1, -0.05) is 13.8 Å². The van der Waals surface area contributed by atoms with Crippen LogP contribution in [0.3, 0.4) is 0 Å². The molecule has 1 atom stereocenters. The van der Waals surface area contributed by atoms with E-state index in [1.54, 1.807) is 0 Å². The summed E-state index contributed by atoms with van der Waals surface area (Å²) in [7, 11) is 0. The molecular weight excluding hydrogens is 172 g/mol. The average Bonchev–Trinajstić information content (AvgIpc) is 2.50. The number of nitrogens with zero attached hydrogens (tertiary/aromatic N) is 1. The number of nitrogens with two attached hydrogens (primary N) is 1. The highest BCUT2D eigenvalue weighted by molar-refractivity contribution is 5.86. The third-order valence-electron chi connectivity index (χ3n) is 1.82. The highest BCUT2D eigenvalue weighted by Crippen LogP contribution is 2.21. The Labute approximate surface area is 75.6 Å². The van der Waals surface area contributed by atoms with E-state index in [0.717, 1.165) is 6.39 Å². The predicted molar refractivity (Wildman–Crippen MR) is 45.2 cm³/mol. The van der Waals surface area contributed by atoms with Crippen LogP contribution in [0.4, 0.5) is 0 Å². The fourth-order valence-electron chi connectivity index (χ4n) is 0.955. The zero-order chi connectivity index (χ0) is 10.0. The van der Waals surface area contributed by atoms with Gasteiger partial charge in [0.05, 0.1) is 6.04 Å². The van der Waals surface area contributed by atoms with E-state index in [2.05, 4.69) is 4.98 Å². The summed E-state index contributed by atoms with van der Waals surface area (Å²) >= 11 is 0. The number of carboxylic acids is 1. The molecule has 0 aliphatic carbocycles. The van der Waals surface area contributed by atoms with Gasteiger partial charge in [-0.05, 0) is 5.92 Å². The van der Waals surface area contributed by atoms with Crippen molar-refractivity contribution in [2.75, 3.05) is 0 Å². The highest BCUT2D eigenvalue weighted by Gasteiger charge is 2.23. The van der Waals surface area contributed by atoms with Crippen LogP contribution in [0.2, 0.25) is 0 Å². The molecule has 0 saturated carbocycles. The summed E-state index contributed by atoms with van der Waals surface area (Å²) in [6.07, 6.45) is 1.10. The maximum atomic E-state index is 10.6. The molecule has 0 spiro atoms. The number of carbonyl (C=O) groups is 1. The Bertz CT molecular complexity index is 306. The Hall–Kier alpha value is -1.36. The number of aromatic nitrogens is 1. The lowest BCUT2D eigenvalue weighted by Gasteiger charge is -2.12. The summed E-state index contributed by atoms with van der Waals surface area (Å²) in [5.74, 6) is -0.756. The molecule has 13 heavy (non-hydrogen) atoms. The normalized spacial score (nSPS) is 13.2. The van der Waals surface area contributed by atoms with Crippen LogP contribution in [0, 0.1) is 5.92 Å². The van der Waals surface area contributed by atoms with Crippen molar-refractivity contribution in [1.29, 1.82) is 0 Å². The van der Waals surface area contributed by atoms with Gasteiger partial charge < -0.3 is 15.3 Å². The molecule has 72 valence electrons. The number of hydrogen-bond acceptors (Lipinski definition) is 4. The fourth-order valence-corrected chi connectivity index (χ4v) is 0.955. The first-order valence-corrected chi connectivity index (χ1v) is 3.96. The first-order valence-electron chi connectivity index (χ1n) is 3.96. The highest BCUT2D eigenvalue weighted by atomic mass is 16.4. The van der Waals surface area contributed by atoms with Gasteiger partial charge >= 0.3 is 5.97 Å². The Kier molecular flexibility index (Phi) is 2.67. The third kappa shape index (κ3) is 1.86. The van der Waals surface area contributed by atoms with Crippen LogP contribution >= 0.6 is 0 Å². The first kappa shape index (κ1) is 9.73. The van der Waals surface area contributed by atoms with Crippen LogP contribution in [0.1, 0.15) is 36.1 Å². The Morgan fingerprint density at radius 3 is 2.77 bits per heavy atom. The summed E-state index contributed by atoms with van der Waals surface area (Å²) in [5.41, 5.74) is 5.63. The standard InChI is InChI=1S/C8H12N2O3/c1-4(2)5(9)7-6(8(11)12)10-3-13-7/h3-5H,9H2,1-2H3,(H,11,12)/t5-/m1/s1. The zero-order valence-corrected chi connectivity index (χ0v) is 7.52. The smallest absolute Gasteiger partial charge is 0.358 e. The van der Waals surface area contributed by atoms with E-state index in [1.165, 1.54) is 0 Å². The van der Waals surface area contributed by atoms with Gasteiger partial charge in [0.15, 0.2) is 17.8 Å². The Morgan fingerprint density at radius 1 is 1.69 bits per heavy atom. The van der Waals surface area contributed by atoms with Gasteiger partial charge in [0.25, 0.3) is 0 Å². The molecule has 1 aromatic rings. The van der Waals surface area contributed by atoms with E-state index in [4.69, 9.17) is 15.3 Å². The molecule has 3 N–H and O–H groups in total. The fraction of sp³-hybridized carbons (Fsp3) is 0.500. The molecule has 0 saturated heterocycles. The van der Waals surface area contributed by atoms with E-state index in [9.17, 15) is 4.79 Å². The molecule has 1 aromatic heterocycles. The quantitative estimate of drug-likeness (QED) is 0.732. The van der Waals surface area contributed by atoms with Crippen molar-refractivity contribution in [1.82, 2.24) is 4.98 Å². The van der Waals surface area contributed by atoms with Crippen LogP contribution in [0.25, 0.3) is 0 Å². The molecule has 0 aromatic carbocycles. The third-order valence-corrected chi connectivity index (χ3v) is 1.82. The minimum absolute atomic E-state index is 0.0961. The van der Waals surface area contributed by atoms with Gasteiger partial charge in [-0.2, -0.15) is 0 Å². The maximum Gasteiger partial charge on any atom is 0.358 e. The van der Waals surface area contributed by atoms with Crippen LogP contribution in [0.5, 0.6) is 0 Å². The van der Waals surface area contributed by atoms with Crippen molar-refractivity contribution in [3.05, 3.63) is 17.8 Å². The number of hydrogen-bond donors (Lipinski definition) is 2. The summed E-state index contributed by atoms with van der Waals surface area (Å²) in [6, 6.07) is -0.423. The molecule has 0 amide bonds. The maximum absolute atomic E-state index is 10.6. The average molecular weight is 184 g/mol. The van der Waals surface area contributed by atoms with Gasteiger partial charge in [-0.15, -0.1) is 0 Å². The van der Waals surface area contributed by atoms with E-state index < -0.39 is 12.0 Å². The van der Waals surface area contributed by atoms with Gasteiger partial charge in [-0.3, -0.25) is 0 Å². The topological polar surface area (TPSA) is 89.4 Å². The van der Waals surface area contributed by atoms with Crippen LogP contribution < -0.4 is 5.73 Å². The van der Waals surface area contributed by atoms with Crippen LogP contribution in [0.15, 0.2) is 10.8 Å². The second-order valence-corrected chi connectivity index (χ2v) is 3.14. The monoisotopic (exact) mass is 184 g/mol. The summed E-state index contributed by atoms with van der Waals surface area (Å²) in [6.45, 7) is 3.78. The van der Waals surface area contributed by atoms with Crippen molar-refractivity contribution >= 4 is 5.97 Å². The number of oxazole rings is 1. The van der Waals surface area contributed by atoms with Crippen molar-refractivity contribution in [3.8, 4) is 0 Å². The summed E-state index contributed by atoms with van der Waals surface area (Å²) in [4.78, 5) is 14.2. The number of carboxylic acid groups (broad SMARTS) is 1. The number of aromatic carboxylic acids is 1. The van der Waals surface area contributed by atoms with Crippen LogP contribution in [-0.4, -0.2) is 16.1 Å². The molecule has 5 nitrogen and oxygen atoms in total. The molecule has 0 radical (unpaired) electrons. The second kappa shape index (κ2) is 3.57. The van der Waals surface area contributed by atoms with Crippen molar-refractivity contribution in [2.24, 2.45) is 11.7 Å². The lowest BCUT2D eigenvalue weighted by atomic mass is 10.0. The molecular formula is C8H12N2O3.